The molecule has 2 N–H and O–H groups in total. The number of carboxylic acids is 2. The highest BCUT2D eigenvalue weighted by Crippen LogP contribution is 2.33. The van der Waals surface area contributed by atoms with E-state index in [4.69, 9.17) is 11.6 Å². The molecule has 0 radical (unpaired) electrons. The van der Waals surface area contributed by atoms with Gasteiger partial charge in [-0.25, -0.2) is 0 Å². The van der Waals surface area contributed by atoms with Gasteiger partial charge in [-0.15, -0.1) is 0 Å². The first-order valence-corrected chi connectivity index (χ1v) is 6.99. The molecule has 1 aliphatic rings. The second kappa shape index (κ2) is 8.92. The number of aliphatic imine (C=N–C) groups is 1. The first-order valence-electron chi connectivity index (χ1n) is 6.61. The number of guanidine groups is 1. The lowest BCUT2D eigenvalue weighted by atomic mass is 10.2. The Balaban J connectivity index is 0.000000333. The Bertz CT molecular complexity index is 689. The Morgan fingerprint density at radius 1 is 1.24 bits per heavy atom. The van der Waals surface area contributed by atoms with Crippen molar-refractivity contribution in [3.63, 3.8) is 0 Å². The van der Waals surface area contributed by atoms with Crippen molar-refractivity contribution >= 4 is 35.2 Å². The molecule has 0 amide bonds. The second-order valence-electron chi connectivity index (χ2n) is 4.45. The molecule has 0 atom stereocenters. The van der Waals surface area contributed by atoms with Crippen LogP contribution in [0, 0.1) is 0 Å². The van der Waals surface area contributed by atoms with Gasteiger partial charge in [0.2, 0.25) is 0 Å². The molecule has 1 aromatic carbocycles. The van der Waals surface area contributed by atoms with Gasteiger partial charge in [0.25, 0.3) is 0 Å². The van der Waals surface area contributed by atoms with Gasteiger partial charge in [0, 0.05) is 6.54 Å². The Morgan fingerprint density at radius 2 is 1.84 bits per heavy atom. The highest BCUT2D eigenvalue weighted by atomic mass is 35.5. The number of carbonyl (C=O) groups excluding carboxylic acids is 2. The van der Waals surface area contributed by atoms with Crippen LogP contribution in [0.5, 0.6) is 0 Å². The van der Waals surface area contributed by atoms with Gasteiger partial charge in [-0.2, -0.15) is 13.2 Å². The van der Waals surface area contributed by atoms with Crippen molar-refractivity contribution in [2.75, 3.05) is 18.4 Å². The molecule has 0 saturated heterocycles. The van der Waals surface area contributed by atoms with Crippen molar-refractivity contribution < 1.29 is 33.0 Å². The van der Waals surface area contributed by atoms with Gasteiger partial charge in [-0.05, 0) is 30.4 Å². The minimum Gasteiger partial charge on any atom is -0.545 e. The van der Waals surface area contributed by atoms with E-state index in [2.05, 4.69) is 15.6 Å². The Labute approximate surface area is 144 Å². The van der Waals surface area contributed by atoms with Crippen LogP contribution in [0.25, 0.3) is 0 Å². The molecule has 0 spiro atoms. The summed E-state index contributed by atoms with van der Waals surface area (Å²) in [4.78, 5) is 22.8. The average molecular weight is 378 g/mol. The molecule has 11 heteroatoms. The van der Waals surface area contributed by atoms with E-state index in [0.29, 0.717) is 31.2 Å². The Hall–Kier alpha value is -2.75. The average Bonchev–Trinajstić information content (AvgIpc) is 3.00. The van der Waals surface area contributed by atoms with Crippen molar-refractivity contribution in [3.05, 3.63) is 40.9 Å². The molecule has 1 aliphatic heterocycles. The molecule has 0 aromatic heterocycles. The van der Waals surface area contributed by atoms with Crippen molar-refractivity contribution in [2.45, 2.75) is 6.18 Å². The van der Waals surface area contributed by atoms with Crippen molar-refractivity contribution in [2.24, 2.45) is 4.99 Å². The van der Waals surface area contributed by atoms with Gasteiger partial charge in [0.15, 0.2) is 5.96 Å². The number of anilines is 1. The molecule has 0 bridgehead atoms. The summed E-state index contributed by atoms with van der Waals surface area (Å²) in [5.74, 6) is -2.66. The lowest BCUT2D eigenvalue weighted by Crippen LogP contribution is -2.26. The molecule has 0 saturated carbocycles. The minimum absolute atomic E-state index is 0.189. The maximum Gasteiger partial charge on any atom is 0.416 e. The standard InChI is InChI=1S/C10H9ClF3N3.C4H4O4/c11-7-2-1-6(10(12,13)14)5-8(7)17-9-15-3-4-16-9;5-3(6)1-2-4(7)8/h1-2,5H,3-4H2,(H2,15,16,17);1-2H,(H,5,6)(H,7,8)/p-2/b;2-1+. The lowest BCUT2D eigenvalue weighted by Gasteiger charge is -2.12. The van der Waals surface area contributed by atoms with Crippen LogP contribution in [0.3, 0.4) is 0 Å². The fourth-order valence-electron chi connectivity index (χ4n) is 1.54. The summed E-state index contributed by atoms with van der Waals surface area (Å²) < 4.78 is 37.5. The number of halogens is 4. The highest BCUT2D eigenvalue weighted by Gasteiger charge is 2.31. The van der Waals surface area contributed by atoms with E-state index in [-0.39, 0.29) is 10.7 Å². The molecule has 2 rings (SSSR count). The summed E-state index contributed by atoms with van der Waals surface area (Å²) in [6, 6.07) is 3.12. The van der Waals surface area contributed by atoms with Crippen LogP contribution in [0.4, 0.5) is 18.9 Å². The number of rotatable bonds is 3. The van der Waals surface area contributed by atoms with Gasteiger partial charge < -0.3 is 30.4 Å². The van der Waals surface area contributed by atoms with Gasteiger partial charge in [-0.3, -0.25) is 4.99 Å². The molecular weight excluding hydrogens is 367 g/mol. The number of nitrogens with one attached hydrogen (secondary N) is 2. The van der Waals surface area contributed by atoms with Crippen LogP contribution in [0.15, 0.2) is 35.3 Å². The monoisotopic (exact) mass is 377 g/mol. The third-order valence-corrected chi connectivity index (χ3v) is 2.91. The molecule has 136 valence electrons. The van der Waals surface area contributed by atoms with Crippen LogP contribution in [0.1, 0.15) is 5.56 Å². The van der Waals surface area contributed by atoms with Crippen molar-refractivity contribution in [1.29, 1.82) is 0 Å². The number of carboxylic acid groups (broad SMARTS) is 2. The zero-order chi connectivity index (χ0) is 19.0. The van der Waals surface area contributed by atoms with Crippen molar-refractivity contribution in [1.82, 2.24) is 5.32 Å². The number of aliphatic carboxylic acids is 2. The number of carbonyl (C=O) groups is 2. The van der Waals surface area contributed by atoms with Crippen molar-refractivity contribution in [3.8, 4) is 0 Å². The molecule has 0 unspecified atom stereocenters. The topological polar surface area (TPSA) is 117 Å². The van der Waals surface area contributed by atoms with Crippen LogP contribution < -0.4 is 20.8 Å². The van der Waals surface area contributed by atoms with Crippen LogP contribution in [-0.4, -0.2) is 31.0 Å². The Morgan fingerprint density at radius 3 is 2.28 bits per heavy atom. The van der Waals surface area contributed by atoms with Gasteiger partial charge >= 0.3 is 6.18 Å². The van der Waals surface area contributed by atoms with E-state index in [0.717, 1.165) is 12.1 Å². The fraction of sp³-hybridized carbons (Fsp3) is 0.214. The third-order valence-electron chi connectivity index (χ3n) is 2.58. The predicted molar refractivity (Wildman–Crippen MR) is 79.5 cm³/mol. The molecule has 0 aliphatic carbocycles. The second-order valence-corrected chi connectivity index (χ2v) is 4.85. The number of alkyl halides is 3. The normalized spacial score (nSPS) is 13.5. The molecule has 1 aromatic rings. The smallest absolute Gasteiger partial charge is 0.416 e. The largest absolute Gasteiger partial charge is 0.545 e. The summed E-state index contributed by atoms with van der Waals surface area (Å²) in [6.07, 6.45) is -3.61. The molecule has 1 heterocycles. The van der Waals surface area contributed by atoms with E-state index in [9.17, 15) is 33.0 Å². The van der Waals surface area contributed by atoms with E-state index >= 15 is 0 Å². The first kappa shape index (κ1) is 20.3. The zero-order valence-electron chi connectivity index (χ0n) is 12.4. The summed E-state index contributed by atoms with van der Waals surface area (Å²) in [5.41, 5.74) is -0.558. The third kappa shape index (κ3) is 7.57. The summed E-state index contributed by atoms with van der Waals surface area (Å²) >= 11 is 5.81. The quantitative estimate of drug-likeness (QED) is 0.703. The SMILES string of the molecule is FC(F)(F)c1ccc(Cl)c(NC2=NCCN2)c1.O=C([O-])/C=C/C(=O)[O-]. The predicted octanol–water partition coefficient (Wildman–Crippen LogP) is -0.228. The Kier molecular flexibility index (Phi) is 7.24. The summed E-state index contributed by atoms with van der Waals surface area (Å²) in [6.45, 7) is 1.26. The van der Waals surface area contributed by atoms with Crippen LogP contribution in [-0.2, 0) is 15.8 Å². The number of nitrogens with zero attached hydrogens (tertiary/aromatic N) is 1. The maximum absolute atomic E-state index is 12.5. The number of hydrogen-bond acceptors (Lipinski definition) is 7. The number of hydrogen-bond donors (Lipinski definition) is 2. The highest BCUT2D eigenvalue weighted by molar-refractivity contribution is 6.33. The molecule has 7 nitrogen and oxygen atoms in total. The first-order chi connectivity index (χ1) is 11.6. The summed E-state index contributed by atoms with van der Waals surface area (Å²) in [5, 5.41) is 24.7. The van der Waals surface area contributed by atoms with E-state index in [1.165, 1.54) is 6.07 Å². The molecular formula is C14H11ClF3N3O4-2. The van der Waals surface area contributed by atoms with E-state index in [1.807, 2.05) is 0 Å². The van der Waals surface area contributed by atoms with Crippen LogP contribution >= 0.6 is 11.6 Å². The van der Waals surface area contributed by atoms with Gasteiger partial charge in [-0.1, -0.05) is 11.6 Å². The zero-order valence-corrected chi connectivity index (χ0v) is 13.1. The minimum atomic E-state index is -4.38. The lowest BCUT2D eigenvalue weighted by molar-refractivity contribution is -0.301. The van der Waals surface area contributed by atoms with Crippen LogP contribution in [0.2, 0.25) is 5.02 Å². The molecule has 0 fully saturated rings. The number of benzene rings is 1. The van der Waals surface area contributed by atoms with E-state index < -0.39 is 23.7 Å². The van der Waals surface area contributed by atoms with Gasteiger partial charge in [0.05, 0.1) is 34.8 Å². The van der Waals surface area contributed by atoms with Gasteiger partial charge in [0.1, 0.15) is 0 Å². The fourth-order valence-corrected chi connectivity index (χ4v) is 1.71. The summed E-state index contributed by atoms with van der Waals surface area (Å²) in [7, 11) is 0. The maximum atomic E-state index is 12.5. The van der Waals surface area contributed by atoms with E-state index in [1.54, 1.807) is 0 Å². The molecule has 25 heavy (non-hydrogen) atoms.